The SMILES string of the molecule is O=C(O)c1ccc(NCc2cccnc2N2CCOCC2)nn1. The first-order valence-corrected chi connectivity index (χ1v) is 7.31. The Kier molecular flexibility index (Phi) is 4.62. The Bertz CT molecular complexity index is 671. The first-order chi connectivity index (χ1) is 11.2. The predicted molar refractivity (Wildman–Crippen MR) is 83.6 cm³/mol. The summed E-state index contributed by atoms with van der Waals surface area (Å²) in [6.07, 6.45) is 1.77. The van der Waals surface area contributed by atoms with Crippen LogP contribution in [0.4, 0.5) is 11.6 Å². The molecule has 1 fully saturated rings. The molecule has 0 spiro atoms. The number of pyridine rings is 1. The normalized spacial score (nSPS) is 14.5. The Labute approximate surface area is 133 Å². The molecule has 0 bridgehead atoms. The van der Waals surface area contributed by atoms with E-state index in [9.17, 15) is 4.79 Å². The van der Waals surface area contributed by atoms with E-state index in [1.54, 1.807) is 12.3 Å². The lowest BCUT2D eigenvalue weighted by molar-refractivity contribution is 0.0689. The van der Waals surface area contributed by atoms with Crippen molar-refractivity contribution < 1.29 is 14.6 Å². The summed E-state index contributed by atoms with van der Waals surface area (Å²) in [5.74, 6) is 0.358. The molecule has 0 amide bonds. The second kappa shape index (κ2) is 7.01. The number of nitrogens with one attached hydrogen (secondary N) is 1. The Morgan fingerprint density at radius 2 is 2.09 bits per heavy atom. The summed E-state index contributed by atoms with van der Waals surface area (Å²) in [7, 11) is 0. The van der Waals surface area contributed by atoms with Crippen LogP contribution in [0.3, 0.4) is 0 Å². The van der Waals surface area contributed by atoms with Crippen LogP contribution in [0.15, 0.2) is 30.5 Å². The molecule has 0 aliphatic carbocycles. The number of carboxylic acid groups (broad SMARTS) is 1. The Balaban J connectivity index is 1.69. The van der Waals surface area contributed by atoms with Crippen LogP contribution in [-0.2, 0) is 11.3 Å². The van der Waals surface area contributed by atoms with Gasteiger partial charge in [0.15, 0.2) is 5.69 Å². The Morgan fingerprint density at radius 3 is 2.78 bits per heavy atom. The molecule has 2 aromatic heterocycles. The quantitative estimate of drug-likeness (QED) is 0.843. The first-order valence-electron chi connectivity index (χ1n) is 7.31. The molecule has 0 radical (unpaired) electrons. The van der Waals surface area contributed by atoms with Crippen molar-refractivity contribution in [2.75, 3.05) is 36.5 Å². The van der Waals surface area contributed by atoms with Crippen molar-refractivity contribution in [1.29, 1.82) is 0 Å². The highest BCUT2D eigenvalue weighted by Gasteiger charge is 2.15. The second-order valence-electron chi connectivity index (χ2n) is 5.05. The largest absolute Gasteiger partial charge is 0.476 e. The van der Waals surface area contributed by atoms with Crippen molar-refractivity contribution in [1.82, 2.24) is 15.2 Å². The Hall–Kier alpha value is -2.74. The van der Waals surface area contributed by atoms with Crippen molar-refractivity contribution in [3.63, 3.8) is 0 Å². The number of rotatable bonds is 5. The zero-order valence-electron chi connectivity index (χ0n) is 12.5. The zero-order valence-corrected chi connectivity index (χ0v) is 12.5. The lowest BCUT2D eigenvalue weighted by Gasteiger charge is -2.29. The Morgan fingerprint density at radius 1 is 1.26 bits per heavy atom. The number of carbonyl (C=O) groups is 1. The lowest BCUT2D eigenvalue weighted by Crippen LogP contribution is -2.37. The molecule has 23 heavy (non-hydrogen) atoms. The number of ether oxygens (including phenoxy) is 1. The van der Waals surface area contributed by atoms with Crippen LogP contribution in [0.1, 0.15) is 16.1 Å². The van der Waals surface area contributed by atoms with E-state index in [2.05, 4.69) is 25.4 Å². The first kappa shape index (κ1) is 15.2. The number of anilines is 2. The molecule has 8 nitrogen and oxygen atoms in total. The van der Waals surface area contributed by atoms with E-state index in [0.29, 0.717) is 25.6 Å². The van der Waals surface area contributed by atoms with Gasteiger partial charge in [0, 0.05) is 31.4 Å². The van der Waals surface area contributed by atoms with Gasteiger partial charge in [0.25, 0.3) is 0 Å². The molecule has 3 rings (SSSR count). The standard InChI is InChI=1S/C15H17N5O3/c21-15(22)12-3-4-13(19-18-12)17-10-11-2-1-5-16-14(11)20-6-8-23-9-7-20/h1-5H,6-10H2,(H,17,19)(H,21,22). The highest BCUT2D eigenvalue weighted by atomic mass is 16.5. The topological polar surface area (TPSA) is 100 Å². The van der Waals surface area contributed by atoms with Crippen LogP contribution in [-0.4, -0.2) is 52.6 Å². The minimum absolute atomic E-state index is 0.0778. The molecule has 2 N–H and O–H groups in total. The fourth-order valence-corrected chi connectivity index (χ4v) is 2.35. The van der Waals surface area contributed by atoms with E-state index < -0.39 is 5.97 Å². The molecule has 2 aromatic rings. The highest BCUT2D eigenvalue weighted by molar-refractivity contribution is 5.85. The molecular formula is C15H17N5O3. The molecule has 0 saturated carbocycles. The third kappa shape index (κ3) is 3.72. The number of hydrogen-bond donors (Lipinski definition) is 2. The molecule has 1 aliphatic heterocycles. The van der Waals surface area contributed by atoms with E-state index in [-0.39, 0.29) is 5.69 Å². The van der Waals surface area contributed by atoms with Gasteiger partial charge in [0.2, 0.25) is 0 Å². The summed E-state index contributed by atoms with van der Waals surface area (Å²) in [6, 6.07) is 6.91. The van der Waals surface area contributed by atoms with E-state index in [1.165, 1.54) is 6.07 Å². The monoisotopic (exact) mass is 315 g/mol. The third-order valence-electron chi connectivity index (χ3n) is 3.52. The van der Waals surface area contributed by atoms with Crippen LogP contribution >= 0.6 is 0 Å². The third-order valence-corrected chi connectivity index (χ3v) is 3.52. The van der Waals surface area contributed by atoms with Gasteiger partial charge >= 0.3 is 5.97 Å². The van der Waals surface area contributed by atoms with Gasteiger partial charge < -0.3 is 20.1 Å². The summed E-state index contributed by atoms with van der Waals surface area (Å²) in [4.78, 5) is 17.4. The predicted octanol–water partition coefficient (Wildman–Crippen LogP) is 1.02. The number of aromatic nitrogens is 3. The lowest BCUT2D eigenvalue weighted by atomic mass is 10.2. The molecule has 0 unspecified atom stereocenters. The summed E-state index contributed by atoms with van der Waals surface area (Å²) in [6.45, 7) is 3.56. The number of morpholine rings is 1. The van der Waals surface area contributed by atoms with Crippen LogP contribution in [0.2, 0.25) is 0 Å². The van der Waals surface area contributed by atoms with Crippen LogP contribution in [0.5, 0.6) is 0 Å². The number of carboxylic acids is 1. The van der Waals surface area contributed by atoms with Crippen molar-refractivity contribution in [2.45, 2.75) is 6.54 Å². The molecule has 0 aromatic carbocycles. The minimum Gasteiger partial charge on any atom is -0.476 e. The molecule has 120 valence electrons. The maximum Gasteiger partial charge on any atom is 0.356 e. The number of hydrogen-bond acceptors (Lipinski definition) is 7. The molecule has 1 aliphatic rings. The van der Waals surface area contributed by atoms with Gasteiger partial charge in [-0.15, -0.1) is 10.2 Å². The van der Waals surface area contributed by atoms with Gasteiger partial charge in [-0.05, 0) is 18.2 Å². The van der Waals surface area contributed by atoms with Gasteiger partial charge in [0.05, 0.1) is 13.2 Å². The summed E-state index contributed by atoms with van der Waals surface area (Å²) in [5.41, 5.74) is 0.962. The van der Waals surface area contributed by atoms with Gasteiger partial charge in [0.1, 0.15) is 11.6 Å². The fraction of sp³-hybridized carbons (Fsp3) is 0.333. The number of aromatic carboxylic acids is 1. The van der Waals surface area contributed by atoms with E-state index in [4.69, 9.17) is 9.84 Å². The van der Waals surface area contributed by atoms with E-state index >= 15 is 0 Å². The molecular weight excluding hydrogens is 298 g/mol. The smallest absolute Gasteiger partial charge is 0.356 e. The van der Waals surface area contributed by atoms with E-state index in [1.807, 2.05) is 12.1 Å². The van der Waals surface area contributed by atoms with Gasteiger partial charge in [-0.1, -0.05) is 6.07 Å². The molecule has 0 atom stereocenters. The molecule has 3 heterocycles. The average Bonchev–Trinajstić information content (AvgIpc) is 2.61. The fourth-order valence-electron chi connectivity index (χ4n) is 2.35. The van der Waals surface area contributed by atoms with Gasteiger partial charge in [-0.2, -0.15) is 0 Å². The highest BCUT2D eigenvalue weighted by Crippen LogP contribution is 2.19. The van der Waals surface area contributed by atoms with Crippen molar-refractivity contribution >= 4 is 17.6 Å². The summed E-state index contributed by atoms with van der Waals surface area (Å²) < 4.78 is 5.37. The number of nitrogens with zero attached hydrogens (tertiary/aromatic N) is 4. The van der Waals surface area contributed by atoms with Gasteiger partial charge in [-0.3, -0.25) is 0 Å². The molecule has 8 heteroatoms. The maximum atomic E-state index is 10.8. The van der Waals surface area contributed by atoms with Gasteiger partial charge in [-0.25, -0.2) is 9.78 Å². The van der Waals surface area contributed by atoms with Crippen molar-refractivity contribution in [2.24, 2.45) is 0 Å². The summed E-state index contributed by atoms with van der Waals surface area (Å²) in [5, 5.41) is 19.5. The van der Waals surface area contributed by atoms with Crippen LogP contribution < -0.4 is 10.2 Å². The average molecular weight is 315 g/mol. The second-order valence-corrected chi connectivity index (χ2v) is 5.05. The summed E-state index contributed by atoms with van der Waals surface area (Å²) >= 11 is 0. The van der Waals surface area contributed by atoms with Crippen LogP contribution in [0, 0.1) is 0 Å². The maximum absolute atomic E-state index is 10.8. The van der Waals surface area contributed by atoms with E-state index in [0.717, 1.165) is 24.5 Å². The van der Waals surface area contributed by atoms with Crippen molar-refractivity contribution in [3.8, 4) is 0 Å². The van der Waals surface area contributed by atoms with Crippen LogP contribution in [0.25, 0.3) is 0 Å². The zero-order chi connectivity index (χ0) is 16.1. The van der Waals surface area contributed by atoms with Crippen molar-refractivity contribution in [3.05, 3.63) is 41.7 Å². The minimum atomic E-state index is -1.09. The molecule has 1 saturated heterocycles.